The van der Waals surface area contributed by atoms with Crippen molar-refractivity contribution in [2.45, 2.75) is 25.9 Å². The molecule has 2 aromatic rings. The second-order valence-corrected chi connectivity index (χ2v) is 7.36. The number of nitrogens with zero attached hydrogens (tertiary/aromatic N) is 2. The molecule has 1 heterocycles. The summed E-state index contributed by atoms with van der Waals surface area (Å²) >= 11 is 0. The van der Waals surface area contributed by atoms with Crippen LogP contribution < -0.4 is 0 Å². The molecule has 2 aliphatic rings. The van der Waals surface area contributed by atoms with Crippen molar-refractivity contribution in [3.8, 4) is 0 Å². The first-order valence-corrected chi connectivity index (χ1v) is 9.53. The first-order chi connectivity index (χ1) is 13.2. The van der Waals surface area contributed by atoms with E-state index in [0.717, 1.165) is 0 Å². The topological polar surface area (TPSA) is 40.6 Å². The number of fused-ring (bicyclic) bond motifs is 1. The van der Waals surface area contributed by atoms with E-state index in [2.05, 4.69) is 29.2 Å². The van der Waals surface area contributed by atoms with Crippen molar-refractivity contribution in [3.05, 3.63) is 83.9 Å². The molecule has 1 saturated heterocycles. The normalized spacial score (nSPS) is 21.7. The number of benzene rings is 2. The van der Waals surface area contributed by atoms with Crippen molar-refractivity contribution in [2.24, 2.45) is 11.8 Å². The van der Waals surface area contributed by atoms with Crippen LogP contribution in [0.5, 0.6) is 0 Å². The highest BCUT2D eigenvalue weighted by Crippen LogP contribution is 2.35. The molecule has 1 fully saturated rings. The number of likely N-dealkylation sites (tertiary alicyclic amines) is 1. The van der Waals surface area contributed by atoms with Gasteiger partial charge in [0.05, 0.1) is 18.5 Å². The molecule has 0 radical (unpaired) electrons. The van der Waals surface area contributed by atoms with E-state index in [0.29, 0.717) is 32.6 Å². The Labute approximate surface area is 160 Å². The molecule has 4 nitrogen and oxygen atoms in total. The van der Waals surface area contributed by atoms with Gasteiger partial charge in [-0.3, -0.25) is 19.4 Å². The molecule has 2 atom stereocenters. The number of imide groups is 1. The van der Waals surface area contributed by atoms with Gasteiger partial charge in [0.1, 0.15) is 0 Å². The molecular formula is C23H24N2O2. The van der Waals surface area contributed by atoms with Gasteiger partial charge in [-0.15, -0.1) is 0 Å². The van der Waals surface area contributed by atoms with Gasteiger partial charge in [-0.1, -0.05) is 72.8 Å². The van der Waals surface area contributed by atoms with Crippen LogP contribution in [0.3, 0.4) is 0 Å². The first-order valence-electron chi connectivity index (χ1n) is 9.53. The number of amides is 2. The summed E-state index contributed by atoms with van der Waals surface area (Å²) in [6, 6.07) is 20.4. The highest BCUT2D eigenvalue weighted by Gasteiger charge is 2.47. The fraction of sp³-hybridized carbons (Fsp3) is 0.304. The van der Waals surface area contributed by atoms with Crippen LogP contribution in [0, 0.1) is 11.8 Å². The molecule has 2 amide bonds. The van der Waals surface area contributed by atoms with Crippen LogP contribution in [-0.4, -0.2) is 28.3 Å². The van der Waals surface area contributed by atoms with E-state index < -0.39 is 0 Å². The number of hydrogen-bond acceptors (Lipinski definition) is 3. The summed E-state index contributed by atoms with van der Waals surface area (Å²) in [4.78, 5) is 29.3. The highest BCUT2D eigenvalue weighted by molar-refractivity contribution is 6.05. The summed E-state index contributed by atoms with van der Waals surface area (Å²) in [5.41, 5.74) is 2.35. The number of carbonyl (C=O) groups is 2. The zero-order valence-electron chi connectivity index (χ0n) is 15.3. The predicted molar refractivity (Wildman–Crippen MR) is 104 cm³/mol. The van der Waals surface area contributed by atoms with E-state index >= 15 is 0 Å². The summed E-state index contributed by atoms with van der Waals surface area (Å²) in [5, 5.41) is 0. The zero-order valence-corrected chi connectivity index (χ0v) is 15.3. The molecular weight excluding hydrogens is 336 g/mol. The maximum absolute atomic E-state index is 12.8. The third kappa shape index (κ3) is 3.86. The molecule has 0 unspecified atom stereocenters. The summed E-state index contributed by atoms with van der Waals surface area (Å²) in [7, 11) is 0. The molecule has 0 N–H and O–H groups in total. The fourth-order valence-corrected chi connectivity index (χ4v) is 4.05. The Morgan fingerprint density at radius 3 is 1.63 bits per heavy atom. The van der Waals surface area contributed by atoms with Gasteiger partial charge in [0.25, 0.3) is 0 Å². The summed E-state index contributed by atoms with van der Waals surface area (Å²) in [5.74, 6) is -0.364. The summed E-state index contributed by atoms with van der Waals surface area (Å²) in [6.07, 6.45) is 5.43. The van der Waals surface area contributed by atoms with Crippen molar-refractivity contribution < 1.29 is 9.59 Å². The van der Waals surface area contributed by atoms with Gasteiger partial charge in [-0.05, 0) is 24.0 Å². The Morgan fingerprint density at radius 1 is 0.741 bits per heavy atom. The van der Waals surface area contributed by atoms with E-state index in [-0.39, 0.29) is 23.7 Å². The van der Waals surface area contributed by atoms with Gasteiger partial charge in [-0.25, -0.2) is 0 Å². The van der Waals surface area contributed by atoms with Crippen molar-refractivity contribution in [2.75, 3.05) is 6.67 Å². The molecule has 4 rings (SSSR count). The molecule has 1 aliphatic heterocycles. The lowest BCUT2D eigenvalue weighted by Crippen LogP contribution is -2.41. The molecule has 2 aromatic carbocycles. The van der Waals surface area contributed by atoms with Crippen LogP contribution >= 0.6 is 0 Å². The molecule has 0 aromatic heterocycles. The van der Waals surface area contributed by atoms with Crippen molar-refractivity contribution >= 4 is 11.8 Å². The standard InChI is InChI=1S/C23H24N2O2/c26-22-20-13-7-8-14-21(20)23(27)25(22)17-24(15-18-9-3-1-4-10-18)16-19-11-5-2-6-12-19/h1-12,20-21H,13-17H2/t20-,21-/m0/s1. The van der Waals surface area contributed by atoms with E-state index in [4.69, 9.17) is 0 Å². The number of rotatable bonds is 6. The van der Waals surface area contributed by atoms with Crippen LogP contribution in [0.1, 0.15) is 24.0 Å². The van der Waals surface area contributed by atoms with Gasteiger partial charge in [0.15, 0.2) is 0 Å². The van der Waals surface area contributed by atoms with Crippen molar-refractivity contribution in [1.82, 2.24) is 9.80 Å². The second kappa shape index (κ2) is 7.89. The lowest BCUT2D eigenvalue weighted by molar-refractivity contribution is -0.142. The number of carbonyl (C=O) groups excluding carboxylic acids is 2. The van der Waals surface area contributed by atoms with Crippen molar-refractivity contribution in [3.63, 3.8) is 0 Å². The third-order valence-corrected chi connectivity index (χ3v) is 5.44. The maximum Gasteiger partial charge on any atom is 0.234 e. The Balaban J connectivity index is 1.53. The smallest absolute Gasteiger partial charge is 0.234 e. The molecule has 0 saturated carbocycles. The fourth-order valence-electron chi connectivity index (χ4n) is 4.05. The van der Waals surface area contributed by atoms with Gasteiger partial charge >= 0.3 is 0 Å². The van der Waals surface area contributed by atoms with Gasteiger partial charge < -0.3 is 0 Å². The van der Waals surface area contributed by atoms with Crippen LogP contribution in [0.15, 0.2) is 72.8 Å². The van der Waals surface area contributed by atoms with Gasteiger partial charge in [-0.2, -0.15) is 0 Å². The first kappa shape index (κ1) is 17.7. The molecule has 0 bridgehead atoms. The minimum absolute atomic E-state index is 0.0135. The maximum atomic E-state index is 12.8. The largest absolute Gasteiger partial charge is 0.277 e. The molecule has 138 valence electrons. The van der Waals surface area contributed by atoms with E-state index in [1.54, 1.807) is 0 Å². The lowest BCUT2D eigenvalue weighted by Gasteiger charge is -2.27. The zero-order chi connectivity index (χ0) is 18.6. The van der Waals surface area contributed by atoms with Gasteiger partial charge in [0.2, 0.25) is 11.8 Å². The highest BCUT2D eigenvalue weighted by atomic mass is 16.2. The number of allylic oxidation sites excluding steroid dienone is 2. The van der Waals surface area contributed by atoms with Crippen LogP contribution in [0.25, 0.3) is 0 Å². The minimum atomic E-state index is -0.169. The van der Waals surface area contributed by atoms with Crippen LogP contribution in [0.4, 0.5) is 0 Å². The minimum Gasteiger partial charge on any atom is -0.277 e. The van der Waals surface area contributed by atoms with Crippen LogP contribution in [0.2, 0.25) is 0 Å². The number of hydrogen-bond donors (Lipinski definition) is 0. The van der Waals surface area contributed by atoms with E-state index in [1.165, 1.54) is 16.0 Å². The van der Waals surface area contributed by atoms with E-state index in [9.17, 15) is 9.59 Å². The average molecular weight is 360 g/mol. The Morgan fingerprint density at radius 2 is 1.19 bits per heavy atom. The average Bonchev–Trinajstić information content (AvgIpc) is 2.95. The van der Waals surface area contributed by atoms with E-state index in [1.807, 2.05) is 48.6 Å². The predicted octanol–water partition coefficient (Wildman–Crippen LogP) is 3.60. The quantitative estimate of drug-likeness (QED) is 0.584. The Bertz CT molecular complexity index is 764. The lowest BCUT2D eigenvalue weighted by atomic mass is 9.85. The molecule has 4 heteroatoms. The SMILES string of the molecule is O=C1[C@H]2CC=CC[C@@H]2C(=O)N1CN(Cc1ccccc1)Cc1ccccc1. The summed E-state index contributed by atoms with van der Waals surface area (Å²) < 4.78 is 0. The monoisotopic (exact) mass is 360 g/mol. The molecule has 27 heavy (non-hydrogen) atoms. The molecule has 0 spiro atoms. The summed E-state index contributed by atoms with van der Waals surface area (Å²) in [6.45, 7) is 1.73. The third-order valence-electron chi connectivity index (χ3n) is 5.44. The van der Waals surface area contributed by atoms with Crippen molar-refractivity contribution in [1.29, 1.82) is 0 Å². The van der Waals surface area contributed by atoms with Gasteiger partial charge in [0, 0.05) is 13.1 Å². The Kier molecular flexibility index (Phi) is 5.16. The second-order valence-electron chi connectivity index (χ2n) is 7.36. The molecule has 1 aliphatic carbocycles. The van der Waals surface area contributed by atoms with Crippen LogP contribution in [-0.2, 0) is 22.7 Å². The Hall–Kier alpha value is -2.72.